The number of carbonyl (C=O) groups is 2. The highest BCUT2D eigenvalue weighted by molar-refractivity contribution is 5.90. The van der Waals surface area contributed by atoms with E-state index in [-0.39, 0.29) is 0 Å². The maximum Gasteiger partial charge on any atom is 0.338 e. The number of rotatable bonds is 4. The second-order valence-electron chi connectivity index (χ2n) is 7.05. The molecule has 2 aromatic carbocycles. The van der Waals surface area contributed by atoms with Crippen LogP contribution < -0.4 is 0 Å². The molecule has 4 fully saturated rings. The van der Waals surface area contributed by atoms with Gasteiger partial charge in [-0.2, -0.15) is 0 Å². The molecule has 3 unspecified atom stereocenters. The van der Waals surface area contributed by atoms with Crippen molar-refractivity contribution in [2.45, 2.75) is 43.1 Å². The molecular formula is C21H18O8. The largest absolute Gasteiger partial charge is 0.453 e. The molecule has 4 bridgehead atoms. The Morgan fingerprint density at radius 3 is 1.55 bits per heavy atom. The Labute approximate surface area is 165 Å². The minimum atomic E-state index is -1.14. The number of aliphatic hydroxyl groups is 1. The third-order valence-corrected chi connectivity index (χ3v) is 5.28. The lowest BCUT2D eigenvalue weighted by Crippen LogP contribution is -2.76. The van der Waals surface area contributed by atoms with Crippen molar-refractivity contribution in [3.8, 4) is 0 Å². The number of hydrogen-bond donors (Lipinski definition) is 1. The minimum Gasteiger partial charge on any atom is -0.453 e. The molecule has 0 radical (unpaired) electrons. The molecule has 150 valence electrons. The number of ether oxygens (including phenoxy) is 5. The van der Waals surface area contributed by atoms with Crippen LogP contribution in [0, 0.1) is 0 Å². The molecule has 0 amide bonds. The molecule has 3 saturated heterocycles. The van der Waals surface area contributed by atoms with Crippen molar-refractivity contribution in [1.29, 1.82) is 0 Å². The number of hydrogen-bond acceptors (Lipinski definition) is 8. The summed E-state index contributed by atoms with van der Waals surface area (Å²) in [6.45, 7) is -1.00. The quantitative estimate of drug-likeness (QED) is 0.769. The Hall–Kier alpha value is -2.78. The molecule has 0 spiro atoms. The maximum absolute atomic E-state index is 12.5. The SMILES string of the molecule is O=C(O[C@@H]1C2OC3O[C@H](C(O)[C@@H]1O3)[C@H]2OC(=O)c1ccccc1)c1ccccc1. The average Bonchev–Trinajstić information content (AvgIpc) is 2.76. The van der Waals surface area contributed by atoms with Gasteiger partial charge in [-0.3, -0.25) is 0 Å². The summed E-state index contributed by atoms with van der Waals surface area (Å²) in [5, 5.41) is 10.6. The molecule has 1 N–H and O–H groups in total. The summed E-state index contributed by atoms with van der Waals surface area (Å²) in [7, 11) is 0. The van der Waals surface area contributed by atoms with Gasteiger partial charge in [0.1, 0.15) is 24.4 Å². The average molecular weight is 398 g/mol. The van der Waals surface area contributed by atoms with E-state index in [2.05, 4.69) is 0 Å². The fourth-order valence-corrected chi connectivity index (χ4v) is 3.89. The molecule has 4 aliphatic rings. The van der Waals surface area contributed by atoms with Gasteiger partial charge in [-0.1, -0.05) is 36.4 Å². The van der Waals surface area contributed by atoms with E-state index < -0.39 is 55.0 Å². The lowest BCUT2D eigenvalue weighted by molar-refractivity contribution is -0.479. The summed E-state index contributed by atoms with van der Waals surface area (Å²) in [5.41, 5.74) is 0.703. The zero-order valence-corrected chi connectivity index (χ0v) is 15.1. The third kappa shape index (κ3) is 3.20. The first-order valence-electron chi connectivity index (χ1n) is 9.28. The van der Waals surface area contributed by atoms with Crippen LogP contribution in [0.3, 0.4) is 0 Å². The molecule has 2 aromatic rings. The van der Waals surface area contributed by atoms with E-state index in [1.165, 1.54) is 0 Å². The van der Waals surface area contributed by atoms with E-state index in [0.717, 1.165) is 0 Å². The fourth-order valence-electron chi connectivity index (χ4n) is 3.89. The monoisotopic (exact) mass is 398 g/mol. The van der Waals surface area contributed by atoms with Crippen LogP contribution in [0.25, 0.3) is 0 Å². The fraction of sp³-hybridized carbons (Fsp3) is 0.333. The molecule has 1 saturated carbocycles. The Bertz CT molecular complexity index is 830. The van der Waals surface area contributed by atoms with Gasteiger partial charge in [0, 0.05) is 0 Å². The van der Waals surface area contributed by atoms with Crippen LogP contribution >= 0.6 is 0 Å². The van der Waals surface area contributed by atoms with Crippen LogP contribution in [-0.4, -0.2) is 60.1 Å². The molecule has 29 heavy (non-hydrogen) atoms. The number of benzene rings is 2. The van der Waals surface area contributed by atoms with E-state index in [1.807, 2.05) is 0 Å². The second-order valence-corrected chi connectivity index (χ2v) is 7.05. The zero-order valence-electron chi connectivity index (χ0n) is 15.1. The third-order valence-electron chi connectivity index (χ3n) is 5.28. The summed E-state index contributed by atoms with van der Waals surface area (Å²) in [6, 6.07) is 16.9. The van der Waals surface area contributed by atoms with Gasteiger partial charge in [-0.05, 0) is 24.3 Å². The first kappa shape index (κ1) is 18.3. The predicted molar refractivity (Wildman–Crippen MR) is 95.7 cm³/mol. The van der Waals surface area contributed by atoms with Crippen molar-refractivity contribution in [1.82, 2.24) is 0 Å². The molecular weight excluding hydrogens is 380 g/mol. The lowest BCUT2D eigenvalue weighted by atomic mass is 9.82. The Morgan fingerprint density at radius 2 is 1.10 bits per heavy atom. The minimum absolute atomic E-state index is 0.352. The van der Waals surface area contributed by atoms with Crippen LogP contribution in [0.2, 0.25) is 0 Å². The van der Waals surface area contributed by atoms with E-state index >= 15 is 0 Å². The standard InChI is InChI=1S/C21H18O8/c22-13-14-16(25-19(23)11-7-3-1-4-8-11)18-17(15(13)28-21(27-14)29-18)26-20(24)12-9-5-2-6-10-12/h1-10,13-18,21-22H/t13?,14-,15+,16-,17+,18?,21?. The predicted octanol–water partition coefficient (Wildman–Crippen LogP) is 1.28. The van der Waals surface area contributed by atoms with Crippen LogP contribution in [0.4, 0.5) is 0 Å². The van der Waals surface area contributed by atoms with Crippen molar-refractivity contribution >= 4 is 11.9 Å². The lowest BCUT2D eigenvalue weighted by Gasteiger charge is -2.56. The molecule has 6 rings (SSSR count). The number of carbonyl (C=O) groups excluding carboxylic acids is 2. The zero-order chi connectivity index (χ0) is 20.0. The number of esters is 2. The van der Waals surface area contributed by atoms with E-state index in [9.17, 15) is 14.7 Å². The van der Waals surface area contributed by atoms with Gasteiger partial charge in [0.05, 0.1) is 11.1 Å². The smallest absolute Gasteiger partial charge is 0.338 e. The molecule has 3 aliphatic heterocycles. The van der Waals surface area contributed by atoms with E-state index in [4.69, 9.17) is 23.7 Å². The van der Waals surface area contributed by atoms with Crippen LogP contribution in [0.5, 0.6) is 0 Å². The molecule has 1 aliphatic carbocycles. The van der Waals surface area contributed by atoms with Crippen molar-refractivity contribution < 1.29 is 38.4 Å². The van der Waals surface area contributed by atoms with Crippen LogP contribution in [0.15, 0.2) is 60.7 Å². The maximum atomic E-state index is 12.5. The summed E-state index contributed by atoms with van der Waals surface area (Å²) < 4.78 is 27.9. The highest BCUT2D eigenvalue weighted by Gasteiger charge is 2.64. The topological polar surface area (TPSA) is 101 Å². The van der Waals surface area contributed by atoms with Crippen molar-refractivity contribution in [3.63, 3.8) is 0 Å². The molecule has 7 atom stereocenters. The first-order valence-corrected chi connectivity index (χ1v) is 9.28. The van der Waals surface area contributed by atoms with Gasteiger partial charge < -0.3 is 28.8 Å². The summed E-state index contributed by atoms with van der Waals surface area (Å²) in [6.07, 6.45) is -5.55. The number of aliphatic hydroxyl groups excluding tert-OH is 1. The molecule has 8 nitrogen and oxygen atoms in total. The highest BCUT2D eigenvalue weighted by atomic mass is 16.9. The van der Waals surface area contributed by atoms with Gasteiger partial charge in [0.15, 0.2) is 12.2 Å². The van der Waals surface area contributed by atoms with Gasteiger partial charge in [0.2, 0.25) is 0 Å². The van der Waals surface area contributed by atoms with Gasteiger partial charge in [-0.15, -0.1) is 0 Å². The summed E-state index contributed by atoms with van der Waals surface area (Å²) in [5.74, 6) is -1.17. The van der Waals surface area contributed by atoms with Crippen molar-refractivity contribution in [2.75, 3.05) is 0 Å². The second kappa shape index (κ2) is 7.23. The molecule has 8 heteroatoms. The van der Waals surface area contributed by atoms with Gasteiger partial charge in [-0.25, -0.2) is 9.59 Å². The van der Waals surface area contributed by atoms with Crippen LogP contribution in [-0.2, 0) is 23.7 Å². The Morgan fingerprint density at radius 1 is 0.690 bits per heavy atom. The summed E-state index contributed by atoms with van der Waals surface area (Å²) in [4.78, 5) is 25.1. The van der Waals surface area contributed by atoms with E-state index in [1.54, 1.807) is 60.7 Å². The first-order chi connectivity index (χ1) is 14.1. The van der Waals surface area contributed by atoms with E-state index in [0.29, 0.717) is 11.1 Å². The van der Waals surface area contributed by atoms with Crippen molar-refractivity contribution in [2.24, 2.45) is 0 Å². The van der Waals surface area contributed by atoms with Crippen molar-refractivity contribution in [3.05, 3.63) is 71.8 Å². The Kier molecular flexibility index (Phi) is 4.56. The van der Waals surface area contributed by atoms with Gasteiger partial charge >= 0.3 is 11.9 Å². The normalized spacial score (nSPS) is 34.6. The molecule has 3 heterocycles. The Balaban J connectivity index is 1.38. The van der Waals surface area contributed by atoms with Gasteiger partial charge in [0.25, 0.3) is 6.48 Å². The summed E-state index contributed by atoms with van der Waals surface area (Å²) >= 11 is 0. The highest BCUT2D eigenvalue weighted by Crippen LogP contribution is 2.42. The van der Waals surface area contributed by atoms with Crippen LogP contribution in [0.1, 0.15) is 20.7 Å². The molecule has 0 aromatic heterocycles.